The third-order valence-corrected chi connectivity index (χ3v) is 2.85. The maximum Gasteiger partial charge on any atom is 0.347 e. The summed E-state index contributed by atoms with van der Waals surface area (Å²) in [6, 6.07) is 3.87. The molecular weight excluding hydrogens is 280 g/mol. The van der Waals surface area contributed by atoms with E-state index in [1.807, 2.05) is 0 Å². The van der Waals surface area contributed by atoms with Gasteiger partial charge in [0.25, 0.3) is 0 Å². The lowest BCUT2D eigenvalue weighted by atomic mass is 10.1. The summed E-state index contributed by atoms with van der Waals surface area (Å²) in [6.45, 7) is 1.70. The number of hydrogen-bond acceptors (Lipinski definition) is 7. The van der Waals surface area contributed by atoms with Crippen LogP contribution in [0.5, 0.6) is 11.5 Å². The average Bonchev–Trinajstić information content (AvgIpc) is 2.45. The second-order valence-electron chi connectivity index (χ2n) is 4.18. The molecule has 1 aromatic carbocycles. The van der Waals surface area contributed by atoms with Gasteiger partial charge in [-0.1, -0.05) is 0 Å². The first kappa shape index (κ1) is 15.0. The summed E-state index contributed by atoms with van der Waals surface area (Å²) in [5.74, 6) is -0.840. The van der Waals surface area contributed by atoms with Crippen LogP contribution in [0.4, 0.5) is 0 Å². The van der Waals surface area contributed by atoms with Crippen LogP contribution >= 0.6 is 0 Å². The van der Waals surface area contributed by atoms with Crippen molar-refractivity contribution < 1.29 is 28.9 Å². The number of methoxy groups -OCH3 is 1. The lowest BCUT2D eigenvalue weighted by molar-refractivity contribution is -0.0676. The molecule has 0 saturated carbocycles. The van der Waals surface area contributed by atoms with Crippen molar-refractivity contribution in [2.45, 2.75) is 13.2 Å². The lowest BCUT2D eigenvalue weighted by Gasteiger charge is -2.09. The minimum atomic E-state index is -1.75. The predicted molar refractivity (Wildman–Crippen MR) is 72.7 cm³/mol. The first-order valence-electron chi connectivity index (χ1n) is 6.16. The Bertz CT molecular complexity index is 732. The zero-order valence-corrected chi connectivity index (χ0v) is 11.5. The molecule has 1 heterocycles. The Labute approximate surface area is 119 Å². The molecule has 0 fully saturated rings. The molecule has 0 radical (unpaired) electrons. The van der Waals surface area contributed by atoms with E-state index in [1.54, 1.807) is 6.92 Å². The maximum atomic E-state index is 11.9. The Morgan fingerprint density at radius 1 is 1.38 bits per heavy atom. The van der Waals surface area contributed by atoms with Crippen LogP contribution in [0, 0.1) is 0 Å². The van der Waals surface area contributed by atoms with Crippen molar-refractivity contribution in [1.29, 1.82) is 0 Å². The van der Waals surface area contributed by atoms with Gasteiger partial charge in [-0.25, -0.2) is 4.79 Å². The Morgan fingerprint density at radius 3 is 2.71 bits per heavy atom. The lowest BCUT2D eigenvalue weighted by Crippen LogP contribution is -2.28. The minimum absolute atomic E-state index is 0.0688. The fourth-order valence-electron chi connectivity index (χ4n) is 1.83. The number of benzene rings is 1. The van der Waals surface area contributed by atoms with Gasteiger partial charge in [0.1, 0.15) is 22.6 Å². The van der Waals surface area contributed by atoms with E-state index >= 15 is 0 Å². The number of carbonyl (C=O) groups is 1. The topological polar surface area (TPSA) is 106 Å². The molecule has 1 aromatic heterocycles. The molecule has 7 heteroatoms. The highest BCUT2D eigenvalue weighted by Crippen LogP contribution is 2.30. The Kier molecular flexibility index (Phi) is 4.25. The van der Waals surface area contributed by atoms with Gasteiger partial charge in [0.2, 0.25) is 12.1 Å². The molecule has 7 nitrogen and oxygen atoms in total. The second kappa shape index (κ2) is 5.94. The molecule has 0 amide bonds. The van der Waals surface area contributed by atoms with E-state index in [1.165, 1.54) is 19.2 Å². The highest BCUT2D eigenvalue weighted by Gasteiger charge is 2.23. The van der Waals surface area contributed by atoms with Crippen LogP contribution in [-0.2, 0) is 4.74 Å². The third kappa shape index (κ3) is 2.88. The second-order valence-corrected chi connectivity index (χ2v) is 4.18. The van der Waals surface area contributed by atoms with E-state index < -0.39 is 23.3 Å². The Balaban J connectivity index is 2.57. The van der Waals surface area contributed by atoms with Crippen molar-refractivity contribution in [3.05, 3.63) is 34.2 Å². The minimum Gasteiger partial charge on any atom is -0.507 e. The number of rotatable bonds is 5. The highest BCUT2D eigenvalue weighted by atomic mass is 16.6. The largest absolute Gasteiger partial charge is 0.507 e. The van der Waals surface area contributed by atoms with Crippen molar-refractivity contribution in [1.82, 2.24) is 0 Å². The third-order valence-electron chi connectivity index (χ3n) is 2.85. The van der Waals surface area contributed by atoms with Gasteiger partial charge in [0.05, 0.1) is 12.5 Å². The van der Waals surface area contributed by atoms with E-state index in [4.69, 9.17) is 13.9 Å². The highest BCUT2D eigenvalue weighted by molar-refractivity contribution is 6.01. The molecule has 2 aromatic rings. The quantitative estimate of drug-likeness (QED) is 0.482. The number of Topliss-reactive ketones (excluding diaryl/α,β-unsaturated/α-hetero) is 1. The summed E-state index contributed by atoms with van der Waals surface area (Å²) in [7, 11) is 1.40. The van der Waals surface area contributed by atoms with Gasteiger partial charge in [0, 0.05) is 18.7 Å². The first-order chi connectivity index (χ1) is 9.97. The number of hydrogen-bond donors (Lipinski definition) is 2. The van der Waals surface area contributed by atoms with Crippen molar-refractivity contribution in [2.24, 2.45) is 0 Å². The molecule has 2 N–H and O–H groups in total. The maximum absolute atomic E-state index is 11.9. The smallest absolute Gasteiger partial charge is 0.347 e. The number of ether oxygens (including phenoxy) is 2. The van der Waals surface area contributed by atoms with Crippen molar-refractivity contribution in [2.75, 3.05) is 13.7 Å². The van der Waals surface area contributed by atoms with Crippen molar-refractivity contribution in [3.63, 3.8) is 0 Å². The van der Waals surface area contributed by atoms with E-state index in [2.05, 4.69) is 0 Å². The normalized spacial score (nSPS) is 12.3. The van der Waals surface area contributed by atoms with E-state index in [0.29, 0.717) is 5.75 Å². The molecule has 1 atom stereocenters. The molecule has 2 rings (SSSR count). The molecule has 0 saturated heterocycles. The number of carbonyl (C=O) groups excluding carboxylic acids is 1. The number of ketones is 1. The summed E-state index contributed by atoms with van der Waals surface area (Å²) in [4.78, 5) is 23.7. The van der Waals surface area contributed by atoms with Crippen LogP contribution in [-0.4, -0.2) is 36.0 Å². The molecule has 112 valence electrons. The van der Waals surface area contributed by atoms with Crippen LogP contribution in [0.2, 0.25) is 0 Å². The Morgan fingerprint density at radius 2 is 2.10 bits per heavy atom. The van der Waals surface area contributed by atoms with Crippen LogP contribution in [0.15, 0.2) is 27.4 Å². The molecule has 1 unspecified atom stereocenters. The van der Waals surface area contributed by atoms with Gasteiger partial charge in [-0.15, -0.1) is 0 Å². The molecular formula is C14H14O7. The van der Waals surface area contributed by atoms with Gasteiger partial charge in [-0.2, -0.15) is 0 Å². The molecule has 0 bridgehead atoms. The summed E-state index contributed by atoms with van der Waals surface area (Å²) >= 11 is 0. The van der Waals surface area contributed by atoms with Crippen LogP contribution in [0.25, 0.3) is 11.0 Å². The number of aromatic hydroxyl groups is 1. The number of phenolic OH excluding ortho intramolecular Hbond substituents is 1. The predicted octanol–water partition coefficient (Wildman–Crippen LogP) is 1.04. The summed E-state index contributed by atoms with van der Waals surface area (Å²) in [6.07, 6.45) is -1.75. The van der Waals surface area contributed by atoms with Gasteiger partial charge < -0.3 is 24.1 Å². The van der Waals surface area contributed by atoms with E-state index in [0.717, 1.165) is 6.07 Å². The van der Waals surface area contributed by atoms with Gasteiger partial charge >= 0.3 is 5.63 Å². The molecule has 0 aliphatic rings. The SMILES string of the molecule is CCOC(O)C(=O)c1cc2c(O)cc(OC)cc2oc1=O. The van der Waals surface area contributed by atoms with Gasteiger partial charge in [-0.3, -0.25) is 4.79 Å². The van der Waals surface area contributed by atoms with Gasteiger partial charge in [-0.05, 0) is 13.0 Å². The standard InChI is InChI=1S/C14H14O7/c1-3-20-14(18)12(16)9-6-8-10(15)4-7(19-2)5-11(8)21-13(9)17/h4-6,14-15,18H,3H2,1-2H3. The summed E-state index contributed by atoms with van der Waals surface area (Å²) in [5.41, 5.74) is -1.26. The zero-order chi connectivity index (χ0) is 15.6. The summed E-state index contributed by atoms with van der Waals surface area (Å²) < 4.78 is 14.7. The van der Waals surface area contributed by atoms with E-state index in [-0.39, 0.29) is 23.3 Å². The average molecular weight is 294 g/mol. The number of phenols is 1. The molecule has 0 spiro atoms. The fraction of sp³-hybridized carbons (Fsp3) is 0.286. The van der Waals surface area contributed by atoms with Crippen molar-refractivity contribution in [3.8, 4) is 11.5 Å². The molecule has 21 heavy (non-hydrogen) atoms. The number of aliphatic hydroxyl groups excluding tert-OH is 1. The molecule has 0 aliphatic carbocycles. The van der Waals surface area contributed by atoms with Gasteiger partial charge in [0.15, 0.2) is 0 Å². The van der Waals surface area contributed by atoms with Crippen LogP contribution < -0.4 is 10.4 Å². The monoisotopic (exact) mass is 294 g/mol. The Hall–Kier alpha value is -2.38. The van der Waals surface area contributed by atoms with E-state index in [9.17, 15) is 19.8 Å². The number of fused-ring (bicyclic) bond motifs is 1. The fourth-order valence-corrected chi connectivity index (χ4v) is 1.83. The van der Waals surface area contributed by atoms with Crippen LogP contribution in [0.3, 0.4) is 0 Å². The molecule has 0 aliphatic heterocycles. The van der Waals surface area contributed by atoms with Crippen molar-refractivity contribution >= 4 is 16.8 Å². The number of aliphatic hydroxyl groups is 1. The first-order valence-corrected chi connectivity index (χ1v) is 6.16. The van der Waals surface area contributed by atoms with Crippen LogP contribution in [0.1, 0.15) is 17.3 Å². The zero-order valence-electron chi connectivity index (χ0n) is 11.5. The summed E-state index contributed by atoms with van der Waals surface area (Å²) in [5, 5.41) is 19.5.